The molecule has 220 valence electrons. The van der Waals surface area contributed by atoms with E-state index in [0.717, 1.165) is 72.1 Å². The van der Waals surface area contributed by atoms with Gasteiger partial charge in [-0.1, -0.05) is 115 Å². The molecule has 2 heterocycles. The number of hydrogen-bond acceptors (Lipinski definition) is 3. The molecule has 0 bridgehead atoms. The Kier molecular flexibility index (Phi) is 5.57. The van der Waals surface area contributed by atoms with Crippen LogP contribution >= 0.6 is 0 Å². The summed E-state index contributed by atoms with van der Waals surface area (Å²) in [5.74, 6) is 0. The summed E-state index contributed by atoms with van der Waals surface area (Å²) in [6.45, 7) is 0. The van der Waals surface area contributed by atoms with Gasteiger partial charge in [0.15, 0.2) is 0 Å². The van der Waals surface area contributed by atoms with Gasteiger partial charge in [0, 0.05) is 33.1 Å². The van der Waals surface area contributed by atoms with Gasteiger partial charge in [0.25, 0.3) is 0 Å². The first kappa shape index (κ1) is 26.0. The molecule has 10 rings (SSSR count). The van der Waals surface area contributed by atoms with Crippen LogP contribution in [0.1, 0.15) is 0 Å². The quantitative estimate of drug-likeness (QED) is 0.188. The molecule has 0 N–H and O–H groups in total. The van der Waals surface area contributed by atoms with Crippen LogP contribution in [-0.2, 0) is 0 Å². The Morgan fingerprint density at radius 2 is 1.00 bits per heavy atom. The SMILES string of the molecule is c1ccc2c(c1)ccc1ccc(N(c3ccc(-c4cccc5c4oc4ccccc45)cc3)c3cccc4oc5ccccc5c34)cc12. The van der Waals surface area contributed by atoms with Crippen LogP contribution in [0.3, 0.4) is 0 Å². The number of fused-ring (bicyclic) bond motifs is 9. The largest absolute Gasteiger partial charge is 0.456 e. The molecule has 0 saturated carbocycles. The van der Waals surface area contributed by atoms with Crippen molar-refractivity contribution in [2.45, 2.75) is 0 Å². The summed E-state index contributed by atoms with van der Waals surface area (Å²) < 4.78 is 12.7. The zero-order chi connectivity index (χ0) is 30.9. The first-order chi connectivity index (χ1) is 23.3. The van der Waals surface area contributed by atoms with E-state index in [-0.39, 0.29) is 0 Å². The lowest BCUT2D eigenvalue weighted by atomic mass is 10.00. The van der Waals surface area contributed by atoms with E-state index < -0.39 is 0 Å². The molecule has 0 fully saturated rings. The Morgan fingerprint density at radius 1 is 0.383 bits per heavy atom. The maximum absolute atomic E-state index is 6.39. The number of rotatable bonds is 4. The Balaban J connectivity index is 1.19. The molecule has 3 heteroatoms. The maximum Gasteiger partial charge on any atom is 0.143 e. The Labute approximate surface area is 270 Å². The molecule has 0 aliphatic rings. The predicted molar refractivity (Wildman–Crippen MR) is 196 cm³/mol. The van der Waals surface area contributed by atoms with Crippen molar-refractivity contribution in [2.24, 2.45) is 0 Å². The van der Waals surface area contributed by atoms with E-state index >= 15 is 0 Å². The van der Waals surface area contributed by atoms with Crippen molar-refractivity contribution >= 4 is 82.5 Å². The molecular formula is C44H27NO2. The summed E-state index contributed by atoms with van der Waals surface area (Å²) in [7, 11) is 0. The van der Waals surface area contributed by atoms with E-state index in [9.17, 15) is 0 Å². The first-order valence-electron chi connectivity index (χ1n) is 15.9. The van der Waals surface area contributed by atoms with Gasteiger partial charge in [-0.25, -0.2) is 0 Å². The van der Waals surface area contributed by atoms with Crippen molar-refractivity contribution in [3.05, 3.63) is 164 Å². The Bertz CT molecular complexity index is 2800. The molecule has 2 aromatic heterocycles. The summed E-state index contributed by atoms with van der Waals surface area (Å²) in [6, 6.07) is 57.9. The molecule has 0 aliphatic heterocycles. The lowest BCUT2D eigenvalue weighted by Crippen LogP contribution is -2.10. The average Bonchev–Trinajstić information content (AvgIpc) is 3.71. The van der Waals surface area contributed by atoms with E-state index in [4.69, 9.17) is 8.83 Å². The summed E-state index contributed by atoms with van der Waals surface area (Å²) in [6.07, 6.45) is 0. The molecule has 0 unspecified atom stereocenters. The normalized spacial score (nSPS) is 11.8. The second-order valence-electron chi connectivity index (χ2n) is 12.1. The standard InChI is InChI=1S/C44H27NO2/c1-2-10-33-28(9-1)19-20-30-23-26-32(27-38(30)33)45(39-15-8-18-42-43(39)37-12-4-6-17-41(37)46-42)31-24-21-29(22-25-31)34-13-7-14-36-35-11-3-5-16-40(35)47-44(34)36/h1-27H. The third kappa shape index (κ3) is 4.00. The lowest BCUT2D eigenvalue weighted by molar-refractivity contribution is 0.669. The van der Waals surface area contributed by atoms with Crippen LogP contribution in [-0.4, -0.2) is 0 Å². The van der Waals surface area contributed by atoms with Crippen molar-refractivity contribution in [1.29, 1.82) is 0 Å². The van der Waals surface area contributed by atoms with Gasteiger partial charge in [-0.3, -0.25) is 0 Å². The number of para-hydroxylation sites is 3. The Hall–Kier alpha value is -6.32. The van der Waals surface area contributed by atoms with Crippen LogP contribution in [0.2, 0.25) is 0 Å². The number of benzene rings is 8. The minimum atomic E-state index is 0.869. The molecule has 0 aliphatic carbocycles. The Morgan fingerprint density at radius 3 is 1.85 bits per heavy atom. The first-order valence-corrected chi connectivity index (χ1v) is 15.9. The monoisotopic (exact) mass is 601 g/mol. The number of anilines is 3. The molecule has 0 atom stereocenters. The minimum absolute atomic E-state index is 0.869. The van der Waals surface area contributed by atoms with Crippen molar-refractivity contribution < 1.29 is 8.83 Å². The second-order valence-corrected chi connectivity index (χ2v) is 12.1. The average molecular weight is 602 g/mol. The molecule has 0 spiro atoms. The van der Waals surface area contributed by atoms with Gasteiger partial charge >= 0.3 is 0 Å². The van der Waals surface area contributed by atoms with Gasteiger partial charge < -0.3 is 13.7 Å². The molecule has 0 saturated heterocycles. The van der Waals surface area contributed by atoms with Gasteiger partial charge in [0.2, 0.25) is 0 Å². The lowest BCUT2D eigenvalue weighted by Gasteiger charge is -2.27. The van der Waals surface area contributed by atoms with Gasteiger partial charge in [0.05, 0.1) is 11.1 Å². The molecule has 3 nitrogen and oxygen atoms in total. The van der Waals surface area contributed by atoms with Crippen molar-refractivity contribution in [1.82, 2.24) is 0 Å². The van der Waals surface area contributed by atoms with E-state index in [1.54, 1.807) is 0 Å². The van der Waals surface area contributed by atoms with Crippen LogP contribution in [0.4, 0.5) is 17.1 Å². The summed E-state index contributed by atoms with van der Waals surface area (Å²) in [5, 5.41) is 9.38. The fourth-order valence-electron chi connectivity index (χ4n) is 7.26. The highest BCUT2D eigenvalue weighted by molar-refractivity contribution is 6.15. The third-order valence-electron chi connectivity index (χ3n) is 9.45. The molecular weight excluding hydrogens is 574 g/mol. The number of nitrogens with zero attached hydrogens (tertiary/aromatic N) is 1. The second kappa shape index (κ2) is 10.1. The third-order valence-corrected chi connectivity index (χ3v) is 9.45. The number of furan rings is 2. The highest BCUT2D eigenvalue weighted by Crippen LogP contribution is 2.44. The van der Waals surface area contributed by atoms with Crippen LogP contribution < -0.4 is 4.90 Å². The van der Waals surface area contributed by atoms with Crippen molar-refractivity contribution in [3.63, 3.8) is 0 Å². The number of hydrogen-bond donors (Lipinski definition) is 0. The topological polar surface area (TPSA) is 29.5 Å². The highest BCUT2D eigenvalue weighted by atomic mass is 16.3. The molecule has 10 aromatic rings. The van der Waals surface area contributed by atoms with Gasteiger partial charge in [-0.15, -0.1) is 0 Å². The van der Waals surface area contributed by atoms with Gasteiger partial charge in [-0.05, 0) is 75.6 Å². The zero-order valence-corrected chi connectivity index (χ0v) is 25.4. The van der Waals surface area contributed by atoms with Gasteiger partial charge in [0.1, 0.15) is 22.3 Å². The van der Waals surface area contributed by atoms with E-state index in [1.807, 2.05) is 24.3 Å². The smallest absolute Gasteiger partial charge is 0.143 e. The van der Waals surface area contributed by atoms with Gasteiger partial charge in [-0.2, -0.15) is 0 Å². The van der Waals surface area contributed by atoms with Crippen molar-refractivity contribution in [2.75, 3.05) is 4.90 Å². The summed E-state index contributed by atoms with van der Waals surface area (Å²) >= 11 is 0. The van der Waals surface area contributed by atoms with E-state index in [2.05, 4.69) is 144 Å². The van der Waals surface area contributed by atoms with Crippen LogP contribution in [0, 0.1) is 0 Å². The molecule has 0 radical (unpaired) electrons. The predicted octanol–water partition coefficient (Wildman–Crippen LogP) is 12.9. The minimum Gasteiger partial charge on any atom is -0.456 e. The van der Waals surface area contributed by atoms with E-state index in [0.29, 0.717) is 0 Å². The molecule has 0 amide bonds. The zero-order valence-electron chi connectivity index (χ0n) is 25.4. The van der Waals surface area contributed by atoms with Crippen LogP contribution in [0.5, 0.6) is 0 Å². The fraction of sp³-hybridized carbons (Fsp3) is 0. The molecule has 8 aromatic carbocycles. The van der Waals surface area contributed by atoms with E-state index in [1.165, 1.54) is 21.5 Å². The molecule has 47 heavy (non-hydrogen) atoms. The summed E-state index contributed by atoms with van der Waals surface area (Å²) in [4.78, 5) is 2.36. The maximum atomic E-state index is 6.39. The van der Waals surface area contributed by atoms with Crippen LogP contribution in [0.25, 0.3) is 76.5 Å². The highest BCUT2D eigenvalue weighted by Gasteiger charge is 2.20. The van der Waals surface area contributed by atoms with Crippen LogP contribution in [0.15, 0.2) is 173 Å². The fourth-order valence-corrected chi connectivity index (χ4v) is 7.26. The van der Waals surface area contributed by atoms with Crippen molar-refractivity contribution in [3.8, 4) is 11.1 Å². The summed E-state index contributed by atoms with van der Waals surface area (Å²) in [5.41, 5.74) is 8.96.